The first kappa shape index (κ1) is 13.0. The van der Waals surface area contributed by atoms with Crippen molar-refractivity contribution in [3.05, 3.63) is 35.9 Å². The van der Waals surface area contributed by atoms with Crippen LogP contribution in [0.4, 0.5) is 13.2 Å². The number of alkyl halides is 3. The molecule has 0 aliphatic carbocycles. The van der Waals surface area contributed by atoms with E-state index in [4.69, 9.17) is 0 Å². The van der Waals surface area contributed by atoms with Gasteiger partial charge in [-0.3, -0.25) is 0 Å². The largest absolute Gasteiger partial charge is 0.409 e. The molecule has 0 spiro atoms. The average molecular weight is 244 g/mol. The van der Waals surface area contributed by atoms with Gasteiger partial charge in [0.1, 0.15) is 0 Å². The van der Waals surface area contributed by atoms with Crippen molar-refractivity contribution in [3.8, 4) is 0 Å². The molecule has 1 aromatic carbocycles. The Morgan fingerprint density at radius 3 is 1.88 bits per heavy atom. The second-order valence-corrected chi connectivity index (χ2v) is 9.82. The van der Waals surface area contributed by atoms with Gasteiger partial charge in [0.25, 0.3) is 0 Å². The van der Waals surface area contributed by atoms with Crippen LogP contribution in [0.5, 0.6) is 0 Å². The highest BCUT2D eigenvalue weighted by Crippen LogP contribution is 2.18. The van der Waals surface area contributed by atoms with E-state index in [0.717, 1.165) is 6.08 Å². The molecule has 0 atom stereocenters. The number of allylic oxidation sites excluding steroid dienone is 1. The first-order valence-electron chi connectivity index (χ1n) is 5.05. The van der Waals surface area contributed by atoms with Crippen molar-refractivity contribution < 1.29 is 13.2 Å². The van der Waals surface area contributed by atoms with E-state index in [2.05, 4.69) is 19.6 Å². The lowest BCUT2D eigenvalue weighted by Gasteiger charge is -2.16. The van der Waals surface area contributed by atoms with Crippen LogP contribution in [0.15, 0.2) is 30.3 Å². The Balaban J connectivity index is 2.85. The van der Waals surface area contributed by atoms with Crippen molar-refractivity contribution in [1.29, 1.82) is 0 Å². The molecule has 0 radical (unpaired) electrons. The second-order valence-electron chi connectivity index (χ2n) is 4.75. The molecule has 1 rings (SSSR count). The monoisotopic (exact) mass is 244 g/mol. The lowest BCUT2D eigenvalue weighted by Crippen LogP contribution is -2.37. The maximum atomic E-state index is 11.9. The van der Waals surface area contributed by atoms with Crippen molar-refractivity contribution in [2.75, 3.05) is 0 Å². The number of rotatable bonds is 2. The van der Waals surface area contributed by atoms with E-state index in [0.29, 0.717) is 5.56 Å². The van der Waals surface area contributed by atoms with Crippen molar-refractivity contribution in [3.63, 3.8) is 0 Å². The highest BCUT2D eigenvalue weighted by Gasteiger charge is 2.21. The van der Waals surface area contributed by atoms with Gasteiger partial charge in [-0.05, 0) is 5.56 Å². The molecule has 0 N–H and O–H groups in total. The number of halogens is 3. The molecule has 0 saturated heterocycles. The van der Waals surface area contributed by atoms with E-state index >= 15 is 0 Å². The van der Waals surface area contributed by atoms with Crippen LogP contribution in [0.3, 0.4) is 0 Å². The van der Waals surface area contributed by atoms with Crippen molar-refractivity contribution in [1.82, 2.24) is 0 Å². The molecule has 4 heteroatoms. The van der Waals surface area contributed by atoms with Crippen molar-refractivity contribution in [2.24, 2.45) is 0 Å². The SMILES string of the molecule is C[Si](C)(C)c1ccc(/C=C/C(F)(F)F)cc1. The van der Waals surface area contributed by atoms with E-state index in [1.165, 1.54) is 5.19 Å². The van der Waals surface area contributed by atoms with Gasteiger partial charge in [0.05, 0.1) is 8.07 Å². The number of hydrogen-bond acceptors (Lipinski definition) is 0. The van der Waals surface area contributed by atoms with Gasteiger partial charge in [-0.1, -0.05) is 55.2 Å². The van der Waals surface area contributed by atoms with Crippen molar-refractivity contribution in [2.45, 2.75) is 25.8 Å². The van der Waals surface area contributed by atoms with E-state index < -0.39 is 14.3 Å². The summed E-state index contributed by atoms with van der Waals surface area (Å²) in [7, 11) is -1.36. The quantitative estimate of drug-likeness (QED) is 0.694. The Kier molecular flexibility index (Phi) is 3.63. The molecular formula is C12H15F3Si. The summed E-state index contributed by atoms with van der Waals surface area (Å²) in [6, 6.07) is 7.30. The second kappa shape index (κ2) is 4.45. The zero-order valence-corrected chi connectivity index (χ0v) is 10.6. The van der Waals surface area contributed by atoms with Crippen molar-refractivity contribution >= 4 is 19.3 Å². The van der Waals surface area contributed by atoms with Gasteiger partial charge in [0, 0.05) is 6.08 Å². The number of hydrogen-bond donors (Lipinski definition) is 0. The standard InChI is InChI=1S/C12H15F3Si/c1-16(2,3)11-6-4-10(5-7-11)8-9-12(13,14)15/h4-9H,1-3H3/b9-8+. The van der Waals surface area contributed by atoms with Crippen LogP contribution in [-0.4, -0.2) is 14.3 Å². The van der Waals surface area contributed by atoms with Gasteiger partial charge in [-0.15, -0.1) is 0 Å². The fourth-order valence-corrected chi connectivity index (χ4v) is 2.45. The first-order chi connectivity index (χ1) is 7.18. The van der Waals surface area contributed by atoms with Gasteiger partial charge >= 0.3 is 6.18 Å². The smallest absolute Gasteiger partial charge is 0.167 e. The Morgan fingerprint density at radius 1 is 1.00 bits per heavy atom. The Labute approximate surface area is 94.8 Å². The first-order valence-corrected chi connectivity index (χ1v) is 8.55. The topological polar surface area (TPSA) is 0 Å². The maximum absolute atomic E-state index is 11.9. The van der Waals surface area contributed by atoms with Gasteiger partial charge < -0.3 is 0 Å². The molecule has 0 nitrogen and oxygen atoms in total. The Morgan fingerprint density at radius 2 is 1.50 bits per heavy atom. The van der Waals surface area contributed by atoms with Crippen LogP contribution in [0.25, 0.3) is 6.08 Å². The lowest BCUT2D eigenvalue weighted by molar-refractivity contribution is -0.0790. The normalized spacial score (nSPS) is 13.4. The molecule has 0 heterocycles. The summed E-state index contributed by atoms with van der Waals surface area (Å²) in [6.45, 7) is 6.61. The number of benzene rings is 1. The molecule has 0 saturated carbocycles. The zero-order valence-electron chi connectivity index (χ0n) is 9.60. The maximum Gasteiger partial charge on any atom is 0.409 e. The molecule has 88 valence electrons. The van der Waals surface area contributed by atoms with Crippen LogP contribution in [0.1, 0.15) is 5.56 Å². The summed E-state index contributed by atoms with van der Waals surface area (Å²) in [5, 5.41) is 1.25. The molecule has 1 aromatic rings. The Hall–Kier alpha value is -1.03. The van der Waals surface area contributed by atoms with E-state index in [9.17, 15) is 13.2 Å². The Bertz CT molecular complexity index is 369. The average Bonchev–Trinajstić information content (AvgIpc) is 2.13. The van der Waals surface area contributed by atoms with E-state index in [-0.39, 0.29) is 6.08 Å². The molecular weight excluding hydrogens is 229 g/mol. The summed E-state index contributed by atoms with van der Waals surface area (Å²) in [5.74, 6) is 0. The fraction of sp³-hybridized carbons (Fsp3) is 0.333. The summed E-state index contributed by atoms with van der Waals surface area (Å²) in [4.78, 5) is 0. The molecule has 0 bridgehead atoms. The molecule has 0 fully saturated rings. The van der Waals surface area contributed by atoms with Gasteiger partial charge in [-0.25, -0.2) is 0 Å². The van der Waals surface area contributed by atoms with E-state index in [1.54, 1.807) is 12.1 Å². The minimum absolute atomic E-state index is 0.260. The van der Waals surface area contributed by atoms with Crippen LogP contribution >= 0.6 is 0 Å². The molecule has 0 aliphatic heterocycles. The molecule has 0 aliphatic rings. The highest BCUT2D eigenvalue weighted by atomic mass is 28.3. The summed E-state index contributed by atoms with van der Waals surface area (Å²) in [5.41, 5.74) is 0.583. The third kappa shape index (κ3) is 4.22. The zero-order chi connectivity index (χ0) is 12.4. The van der Waals surface area contributed by atoms with Crippen LogP contribution in [0.2, 0.25) is 19.6 Å². The summed E-state index contributed by atoms with van der Waals surface area (Å²) in [6.07, 6.45) is -2.89. The lowest BCUT2D eigenvalue weighted by atomic mass is 10.2. The van der Waals surface area contributed by atoms with Gasteiger partial charge in [-0.2, -0.15) is 13.2 Å². The summed E-state index contributed by atoms with van der Waals surface area (Å²) >= 11 is 0. The van der Waals surface area contributed by atoms with Crippen LogP contribution in [-0.2, 0) is 0 Å². The summed E-state index contributed by atoms with van der Waals surface area (Å²) < 4.78 is 35.8. The van der Waals surface area contributed by atoms with Gasteiger partial charge in [0.15, 0.2) is 0 Å². The van der Waals surface area contributed by atoms with Gasteiger partial charge in [0.2, 0.25) is 0 Å². The third-order valence-corrected chi connectivity index (χ3v) is 4.31. The fourth-order valence-electron chi connectivity index (χ4n) is 1.28. The minimum atomic E-state index is -4.24. The highest BCUT2D eigenvalue weighted by molar-refractivity contribution is 6.88. The van der Waals surface area contributed by atoms with Crippen LogP contribution < -0.4 is 5.19 Å². The predicted octanol–water partition coefficient (Wildman–Crippen LogP) is 3.81. The van der Waals surface area contributed by atoms with Crippen LogP contribution in [0, 0.1) is 0 Å². The van der Waals surface area contributed by atoms with E-state index in [1.807, 2.05) is 12.1 Å². The molecule has 16 heavy (non-hydrogen) atoms. The third-order valence-electron chi connectivity index (χ3n) is 2.24. The molecule has 0 unspecified atom stereocenters. The molecule has 0 amide bonds. The predicted molar refractivity (Wildman–Crippen MR) is 64.5 cm³/mol. The minimum Gasteiger partial charge on any atom is -0.167 e. The molecule has 0 aromatic heterocycles.